The summed E-state index contributed by atoms with van der Waals surface area (Å²) in [4.78, 5) is 2.56. The van der Waals surface area contributed by atoms with Crippen molar-refractivity contribution in [1.29, 1.82) is 0 Å². The van der Waals surface area contributed by atoms with Crippen LogP contribution in [0.25, 0.3) is 0 Å². The summed E-state index contributed by atoms with van der Waals surface area (Å²) in [6.45, 7) is 4.56. The molecule has 3 heteroatoms. The Kier molecular flexibility index (Phi) is 2.82. The van der Waals surface area contributed by atoms with Gasteiger partial charge in [-0.05, 0) is 39.2 Å². The van der Waals surface area contributed by atoms with Crippen molar-refractivity contribution in [2.45, 2.75) is 37.8 Å². The summed E-state index contributed by atoms with van der Waals surface area (Å²) in [6.07, 6.45) is 4.19. The van der Waals surface area contributed by atoms with Gasteiger partial charge in [0.1, 0.15) is 0 Å². The summed E-state index contributed by atoms with van der Waals surface area (Å²) in [5.74, 6) is 0.944. The van der Waals surface area contributed by atoms with E-state index in [9.17, 15) is 5.11 Å². The highest BCUT2D eigenvalue weighted by atomic mass is 16.3. The Morgan fingerprint density at radius 1 is 1.50 bits per heavy atom. The first-order valence-corrected chi connectivity index (χ1v) is 5.71. The number of hydrogen-bond donors (Lipinski definition) is 2. The zero-order valence-electron chi connectivity index (χ0n) is 9.29. The first-order chi connectivity index (χ1) is 6.67. The van der Waals surface area contributed by atoms with E-state index in [0.717, 1.165) is 18.5 Å². The summed E-state index contributed by atoms with van der Waals surface area (Å²) >= 11 is 0. The Morgan fingerprint density at radius 2 is 2.29 bits per heavy atom. The number of nitrogens with one attached hydrogen (secondary N) is 1. The second-order valence-electron chi connectivity index (χ2n) is 5.23. The third-order valence-electron chi connectivity index (χ3n) is 4.03. The van der Waals surface area contributed by atoms with Crippen molar-refractivity contribution in [3.8, 4) is 0 Å². The smallest absolute Gasteiger partial charge is 0.0623 e. The second-order valence-corrected chi connectivity index (χ2v) is 5.23. The topological polar surface area (TPSA) is 35.5 Å². The Hall–Kier alpha value is -0.120. The minimum atomic E-state index is -0.121. The van der Waals surface area contributed by atoms with Crippen molar-refractivity contribution < 1.29 is 5.11 Å². The van der Waals surface area contributed by atoms with Crippen LogP contribution in [0.2, 0.25) is 0 Å². The van der Waals surface area contributed by atoms with Crippen LogP contribution < -0.4 is 5.32 Å². The molecule has 2 bridgehead atoms. The van der Waals surface area contributed by atoms with Crippen LogP contribution in [-0.4, -0.2) is 48.3 Å². The molecule has 2 aliphatic rings. The van der Waals surface area contributed by atoms with Crippen molar-refractivity contribution in [2.24, 2.45) is 5.92 Å². The van der Waals surface area contributed by atoms with E-state index in [4.69, 9.17) is 0 Å². The molecule has 3 atom stereocenters. The van der Waals surface area contributed by atoms with Gasteiger partial charge < -0.3 is 10.4 Å². The average molecular weight is 198 g/mol. The summed E-state index contributed by atoms with van der Waals surface area (Å²) in [6, 6.07) is 0.805. The molecule has 3 unspecified atom stereocenters. The van der Waals surface area contributed by atoms with E-state index in [1.807, 2.05) is 7.05 Å². The minimum absolute atomic E-state index is 0.121. The lowest BCUT2D eigenvalue weighted by atomic mass is 10.0. The van der Waals surface area contributed by atoms with Crippen LogP contribution >= 0.6 is 0 Å². The van der Waals surface area contributed by atoms with Crippen LogP contribution in [-0.2, 0) is 0 Å². The molecule has 1 heterocycles. The standard InChI is InChI=1S/C11H22N2O/c1-11(8-14,12-2)7-13-6-9-3-4-10(13)5-9/h9-10,12,14H,3-8H2,1-2H3. The number of likely N-dealkylation sites (N-methyl/N-ethyl adjacent to an activating group) is 1. The molecule has 82 valence electrons. The fraction of sp³-hybridized carbons (Fsp3) is 1.00. The van der Waals surface area contributed by atoms with E-state index < -0.39 is 0 Å². The fourth-order valence-corrected chi connectivity index (χ4v) is 2.88. The molecular formula is C11H22N2O. The second kappa shape index (κ2) is 3.80. The molecule has 0 amide bonds. The van der Waals surface area contributed by atoms with E-state index in [1.54, 1.807) is 0 Å². The summed E-state index contributed by atoms with van der Waals surface area (Å²) < 4.78 is 0. The molecule has 2 rings (SSSR count). The van der Waals surface area contributed by atoms with Gasteiger partial charge in [0, 0.05) is 19.1 Å². The van der Waals surface area contributed by atoms with Gasteiger partial charge in [-0.25, -0.2) is 0 Å². The zero-order chi connectivity index (χ0) is 10.2. The predicted octanol–water partition coefficient (Wildman–Crippen LogP) is 0.441. The molecule has 1 aliphatic heterocycles. The average Bonchev–Trinajstić information content (AvgIpc) is 2.79. The number of piperidine rings is 1. The van der Waals surface area contributed by atoms with Gasteiger partial charge in [0.05, 0.1) is 12.1 Å². The van der Waals surface area contributed by atoms with E-state index in [-0.39, 0.29) is 12.1 Å². The van der Waals surface area contributed by atoms with Gasteiger partial charge in [0.25, 0.3) is 0 Å². The molecule has 0 radical (unpaired) electrons. The molecule has 0 aromatic heterocycles. The van der Waals surface area contributed by atoms with Crippen molar-refractivity contribution >= 4 is 0 Å². The van der Waals surface area contributed by atoms with Crippen LogP contribution in [0, 0.1) is 5.92 Å². The lowest BCUT2D eigenvalue weighted by molar-refractivity contribution is 0.107. The molecule has 0 aromatic rings. The van der Waals surface area contributed by atoms with Gasteiger partial charge >= 0.3 is 0 Å². The third kappa shape index (κ3) is 1.81. The van der Waals surface area contributed by atoms with Crippen molar-refractivity contribution in [2.75, 3.05) is 26.7 Å². The molecule has 1 saturated carbocycles. The van der Waals surface area contributed by atoms with Gasteiger partial charge in [0.2, 0.25) is 0 Å². The van der Waals surface area contributed by atoms with Crippen LogP contribution in [0.5, 0.6) is 0 Å². The number of rotatable bonds is 4. The fourth-order valence-electron chi connectivity index (χ4n) is 2.88. The number of hydrogen-bond acceptors (Lipinski definition) is 3. The molecule has 2 fully saturated rings. The van der Waals surface area contributed by atoms with Crippen molar-refractivity contribution in [1.82, 2.24) is 10.2 Å². The molecule has 14 heavy (non-hydrogen) atoms. The van der Waals surface area contributed by atoms with Gasteiger partial charge in [-0.1, -0.05) is 0 Å². The summed E-state index contributed by atoms with van der Waals surface area (Å²) in [5, 5.41) is 12.5. The van der Waals surface area contributed by atoms with E-state index >= 15 is 0 Å². The highest BCUT2D eigenvalue weighted by Crippen LogP contribution is 2.37. The number of nitrogens with zero attached hydrogens (tertiary/aromatic N) is 1. The normalized spacial score (nSPS) is 36.2. The van der Waals surface area contributed by atoms with Gasteiger partial charge in [-0.3, -0.25) is 4.90 Å². The van der Waals surface area contributed by atoms with Crippen molar-refractivity contribution in [3.63, 3.8) is 0 Å². The maximum absolute atomic E-state index is 9.33. The minimum Gasteiger partial charge on any atom is -0.394 e. The monoisotopic (exact) mass is 198 g/mol. The molecule has 0 spiro atoms. The maximum atomic E-state index is 9.33. The predicted molar refractivity (Wildman–Crippen MR) is 57.3 cm³/mol. The van der Waals surface area contributed by atoms with Crippen molar-refractivity contribution in [3.05, 3.63) is 0 Å². The highest BCUT2D eigenvalue weighted by molar-refractivity contribution is 4.96. The Labute approximate surface area is 86.5 Å². The number of likely N-dealkylation sites (tertiary alicyclic amines) is 1. The maximum Gasteiger partial charge on any atom is 0.0623 e. The number of aliphatic hydroxyl groups is 1. The Bertz CT molecular complexity index is 203. The van der Waals surface area contributed by atoms with Gasteiger partial charge in [-0.2, -0.15) is 0 Å². The molecule has 0 aromatic carbocycles. The van der Waals surface area contributed by atoms with E-state index in [0.29, 0.717) is 0 Å². The van der Waals surface area contributed by atoms with E-state index in [1.165, 1.54) is 25.8 Å². The SMILES string of the molecule is CNC(C)(CO)CN1CC2CCC1C2. The number of fused-ring (bicyclic) bond motifs is 2. The molecule has 2 N–H and O–H groups in total. The Morgan fingerprint density at radius 3 is 2.71 bits per heavy atom. The molecular weight excluding hydrogens is 176 g/mol. The van der Waals surface area contributed by atoms with E-state index in [2.05, 4.69) is 17.1 Å². The summed E-state index contributed by atoms with van der Waals surface area (Å²) in [7, 11) is 1.94. The summed E-state index contributed by atoms with van der Waals surface area (Å²) in [5.41, 5.74) is -0.121. The quantitative estimate of drug-likeness (QED) is 0.688. The first-order valence-electron chi connectivity index (χ1n) is 5.71. The van der Waals surface area contributed by atoms with Gasteiger partial charge in [-0.15, -0.1) is 0 Å². The lowest BCUT2D eigenvalue weighted by Gasteiger charge is -2.36. The number of aliphatic hydroxyl groups excluding tert-OH is 1. The zero-order valence-corrected chi connectivity index (χ0v) is 9.29. The Balaban J connectivity index is 1.91. The van der Waals surface area contributed by atoms with Crippen LogP contribution in [0.3, 0.4) is 0 Å². The lowest BCUT2D eigenvalue weighted by Crippen LogP contribution is -2.54. The van der Waals surface area contributed by atoms with Crippen LogP contribution in [0.1, 0.15) is 26.2 Å². The third-order valence-corrected chi connectivity index (χ3v) is 4.03. The molecule has 3 nitrogen and oxygen atoms in total. The first kappa shape index (κ1) is 10.4. The molecule has 1 aliphatic carbocycles. The largest absolute Gasteiger partial charge is 0.394 e. The highest BCUT2D eigenvalue weighted by Gasteiger charge is 2.40. The van der Waals surface area contributed by atoms with Crippen LogP contribution in [0.15, 0.2) is 0 Å². The van der Waals surface area contributed by atoms with Gasteiger partial charge in [0.15, 0.2) is 0 Å². The van der Waals surface area contributed by atoms with Crippen LogP contribution in [0.4, 0.5) is 0 Å². The molecule has 1 saturated heterocycles.